The Kier molecular flexibility index (Phi) is 4.58. The van der Waals surface area contributed by atoms with Gasteiger partial charge in [0.25, 0.3) is 0 Å². The maximum atomic E-state index is 12.3. The zero-order chi connectivity index (χ0) is 13.8. The van der Waals surface area contributed by atoms with Crippen molar-refractivity contribution in [1.82, 2.24) is 4.90 Å². The summed E-state index contributed by atoms with van der Waals surface area (Å²) < 4.78 is 11.3. The van der Waals surface area contributed by atoms with Gasteiger partial charge in [0, 0.05) is 48.1 Å². The molecule has 0 aliphatic carbocycles. The second-order valence-corrected chi connectivity index (χ2v) is 6.39. The van der Waals surface area contributed by atoms with Crippen LogP contribution in [0.2, 0.25) is 0 Å². The van der Waals surface area contributed by atoms with Gasteiger partial charge < -0.3 is 4.90 Å². The second-order valence-electron chi connectivity index (χ2n) is 4.70. The number of carbonyl (C=O) groups excluding carboxylic acids is 1. The molecule has 1 aliphatic rings. The van der Waals surface area contributed by atoms with Crippen molar-refractivity contribution in [1.29, 1.82) is 0 Å². The normalized spacial score (nSPS) is 16.4. The first-order valence-electron chi connectivity index (χ1n) is 6.58. The summed E-state index contributed by atoms with van der Waals surface area (Å²) in [5.74, 6) is 1.18. The minimum Gasteiger partial charge on any atom is -0.323 e. The molecule has 1 aromatic carbocycles. The maximum absolute atomic E-state index is 12.3. The molecule has 1 heterocycles. The van der Waals surface area contributed by atoms with Gasteiger partial charge in [0.15, 0.2) is 0 Å². The van der Waals surface area contributed by atoms with Crippen molar-refractivity contribution in [3.63, 3.8) is 0 Å². The smallest absolute Gasteiger partial charge is 0.323 e. The molecule has 1 fully saturated rings. The summed E-state index contributed by atoms with van der Waals surface area (Å²) >= 11 is 0. The lowest BCUT2D eigenvalue weighted by molar-refractivity contribution is 0.211. The Hall–Kier alpha value is -1.36. The minimum atomic E-state index is -0.752. The molecule has 2 rings (SSSR count). The summed E-state index contributed by atoms with van der Waals surface area (Å²) in [6.07, 6.45) is 0.996. The first-order chi connectivity index (χ1) is 9.11. The van der Waals surface area contributed by atoms with E-state index in [1.165, 1.54) is 5.56 Å². The van der Waals surface area contributed by atoms with E-state index in [0.29, 0.717) is 24.6 Å². The number of urea groups is 1. The van der Waals surface area contributed by atoms with Crippen LogP contribution in [0.25, 0.3) is 0 Å². The fraction of sp³-hybridized carbons (Fsp3) is 0.500. The van der Waals surface area contributed by atoms with Gasteiger partial charge in [-0.05, 0) is 24.1 Å². The lowest BCUT2D eigenvalue weighted by atomic mass is 10.1. The van der Waals surface area contributed by atoms with Crippen molar-refractivity contribution in [2.45, 2.75) is 13.3 Å². The number of amides is 2. The van der Waals surface area contributed by atoms with Crippen LogP contribution in [-0.4, -0.2) is 46.8 Å². The Morgan fingerprint density at radius 2 is 1.84 bits per heavy atom. The van der Waals surface area contributed by atoms with Crippen molar-refractivity contribution < 1.29 is 9.00 Å². The molecule has 0 saturated carbocycles. The quantitative estimate of drug-likeness (QED) is 0.830. The SMILES string of the molecule is CCc1ccc(N(C)C(=O)N2CCS(=O)CC2)cc1. The standard InChI is InChI=1S/C14H20N2O2S/c1-3-12-4-6-13(7-5-12)15(2)14(17)16-8-10-19(18)11-9-16/h4-7H,3,8-11H2,1-2H3. The summed E-state index contributed by atoms with van der Waals surface area (Å²) in [5, 5.41) is 0. The van der Waals surface area contributed by atoms with Gasteiger partial charge in [-0.1, -0.05) is 19.1 Å². The van der Waals surface area contributed by atoms with Gasteiger partial charge in [-0.25, -0.2) is 4.79 Å². The summed E-state index contributed by atoms with van der Waals surface area (Å²) in [4.78, 5) is 15.7. The first kappa shape index (κ1) is 14.1. The van der Waals surface area contributed by atoms with E-state index in [4.69, 9.17) is 0 Å². The van der Waals surface area contributed by atoms with Crippen LogP contribution in [0.3, 0.4) is 0 Å². The van der Waals surface area contributed by atoms with E-state index in [-0.39, 0.29) is 6.03 Å². The zero-order valence-corrected chi connectivity index (χ0v) is 12.3. The Labute approximate surface area is 116 Å². The first-order valence-corrected chi connectivity index (χ1v) is 8.07. The molecule has 1 aliphatic heterocycles. The van der Waals surface area contributed by atoms with Crippen LogP contribution in [0.5, 0.6) is 0 Å². The molecule has 0 radical (unpaired) electrons. The molecule has 0 N–H and O–H groups in total. The molecule has 0 aromatic heterocycles. The van der Waals surface area contributed by atoms with Gasteiger partial charge in [0.2, 0.25) is 0 Å². The minimum absolute atomic E-state index is 0.0130. The van der Waals surface area contributed by atoms with Crippen LogP contribution in [0.1, 0.15) is 12.5 Å². The highest BCUT2D eigenvalue weighted by molar-refractivity contribution is 7.85. The molecule has 0 unspecified atom stereocenters. The summed E-state index contributed by atoms with van der Waals surface area (Å²) in [6.45, 7) is 3.28. The number of rotatable bonds is 2. The van der Waals surface area contributed by atoms with Crippen LogP contribution in [0.15, 0.2) is 24.3 Å². The van der Waals surface area contributed by atoms with E-state index in [1.807, 2.05) is 24.3 Å². The molecule has 0 spiro atoms. The average Bonchev–Trinajstić information content (AvgIpc) is 2.46. The molecule has 104 valence electrons. The Morgan fingerprint density at radius 3 is 2.37 bits per heavy atom. The number of aryl methyl sites for hydroxylation is 1. The summed E-state index contributed by atoms with van der Waals surface area (Å²) in [6, 6.07) is 8.02. The highest BCUT2D eigenvalue weighted by Crippen LogP contribution is 2.16. The third-order valence-corrected chi connectivity index (χ3v) is 4.74. The van der Waals surface area contributed by atoms with Gasteiger partial charge in [-0.3, -0.25) is 9.11 Å². The Bertz CT molecular complexity index is 463. The number of benzene rings is 1. The van der Waals surface area contributed by atoms with Crippen LogP contribution >= 0.6 is 0 Å². The van der Waals surface area contributed by atoms with E-state index >= 15 is 0 Å². The van der Waals surface area contributed by atoms with Gasteiger partial charge >= 0.3 is 6.03 Å². The highest BCUT2D eigenvalue weighted by Gasteiger charge is 2.23. The topological polar surface area (TPSA) is 40.6 Å². The molecule has 5 heteroatoms. The molecule has 0 atom stereocenters. The number of hydrogen-bond acceptors (Lipinski definition) is 2. The van der Waals surface area contributed by atoms with E-state index in [0.717, 1.165) is 12.1 Å². The molecule has 1 saturated heterocycles. The molecule has 19 heavy (non-hydrogen) atoms. The summed E-state index contributed by atoms with van der Waals surface area (Å²) in [5.41, 5.74) is 2.16. The largest absolute Gasteiger partial charge is 0.324 e. The van der Waals surface area contributed by atoms with Crippen molar-refractivity contribution in [2.75, 3.05) is 36.5 Å². The molecule has 0 bridgehead atoms. The van der Waals surface area contributed by atoms with E-state index < -0.39 is 10.8 Å². The zero-order valence-electron chi connectivity index (χ0n) is 11.5. The molecule has 2 amide bonds. The molecule has 1 aromatic rings. The lowest BCUT2D eigenvalue weighted by Crippen LogP contribution is -2.47. The maximum Gasteiger partial charge on any atom is 0.324 e. The van der Waals surface area contributed by atoms with Crippen LogP contribution in [0, 0.1) is 0 Å². The third kappa shape index (κ3) is 3.35. The highest BCUT2D eigenvalue weighted by atomic mass is 32.2. The van der Waals surface area contributed by atoms with Crippen LogP contribution in [0.4, 0.5) is 10.5 Å². The Balaban J connectivity index is 2.03. The summed E-state index contributed by atoms with van der Waals surface area (Å²) in [7, 11) is 1.03. The van der Waals surface area contributed by atoms with E-state index in [1.54, 1.807) is 16.8 Å². The van der Waals surface area contributed by atoms with Crippen molar-refractivity contribution in [2.24, 2.45) is 0 Å². The molecular formula is C14H20N2O2S. The van der Waals surface area contributed by atoms with E-state index in [9.17, 15) is 9.00 Å². The molecular weight excluding hydrogens is 260 g/mol. The van der Waals surface area contributed by atoms with Crippen LogP contribution in [-0.2, 0) is 17.2 Å². The molecule has 4 nitrogen and oxygen atoms in total. The van der Waals surface area contributed by atoms with Crippen molar-refractivity contribution >= 4 is 22.5 Å². The fourth-order valence-electron chi connectivity index (χ4n) is 2.11. The van der Waals surface area contributed by atoms with Gasteiger partial charge in [0.1, 0.15) is 0 Å². The number of carbonyl (C=O) groups is 1. The van der Waals surface area contributed by atoms with E-state index in [2.05, 4.69) is 6.92 Å². The predicted octanol–water partition coefficient (Wildman–Crippen LogP) is 1.87. The second kappa shape index (κ2) is 6.19. The number of hydrogen-bond donors (Lipinski definition) is 0. The average molecular weight is 280 g/mol. The predicted molar refractivity (Wildman–Crippen MR) is 79.1 cm³/mol. The Morgan fingerprint density at radius 1 is 1.26 bits per heavy atom. The van der Waals surface area contributed by atoms with Gasteiger partial charge in [0.05, 0.1) is 0 Å². The van der Waals surface area contributed by atoms with Gasteiger partial charge in [-0.2, -0.15) is 0 Å². The number of anilines is 1. The third-order valence-electron chi connectivity index (χ3n) is 3.47. The lowest BCUT2D eigenvalue weighted by Gasteiger charge is -2.30. The van der Waals surface area contributed by atoms with Crippen molar-refractivity contribution in [3.05, 3.63) is 29.8 Å². The van der Waals surface area contributed by atoms with Crippen molar-refractivity contribution in [3.8, 4) is 0 Å². The van der Waals surface area contributed by atoms with Crippen LogP contribution < -0.4 is 4.90 Å². The number of nitrogens with zero attached hydrogens (tertiary/aromatic N) is 2. The fourth-order valence-corrected chi connectivity index (χ4v) is 3.16. The monoisotopic (exact) mass is 280 g/mol. The van der Waals surface area contributed by atoms with Gasteiger partial charge in [-0.15, -0.1) is 0 Å².